The summed E-state index contributed by atoms with van der Waals surface area (Å²) < 4.78 is 0. The van der Waals surface area contributed by atoms with E-state index < -0.39 is 0 Å². The van der Waals surface area contributed by atoms with Crippen LogP contribution < -0.4 is 4.90 Å². The van der Waals surface area contributed by atoms with Gasteiger partial charge in [0, 0.05) is 22.5 Å². The molecule has 0 N–H and O–H groups in total. The van der Waals surface area contributed by atoms with Crippen molar-refractivity contribution in [1.29, 1.82) is 0 Å². The summed E-state index contributed by atoms with van der Waals surface area (Å²) in [5.41, 5.74) is 20.8. The number of anilines is 3. The van der Waals surface area contributed by atoms with Crippen LogP contribution in [-0.4, -0.2) is 0 Å². The van der Waals surface area contributed by atoms with E-state index in [1.165, 1.54) is 116 Å². The van der Waals surface area contributed by atoms with E-state index in [-0.39, 0.29) is 5.41 Å². The summed E-state index contributed by atoms with van der Waals surface area (Å²) in [4.78, 5) is 2.44. The molecule has 14 rings (SSSR count). The topological polar surface area (TPSA) is 3.24 Å². The Hall–Kier alpha value is -6.96. The number of nitrogens with zero attached hydrogens (tertiary/aromatic N) is 1. The quantitative estimate of drug-likeness (QED) is 0.147. The Kier molecular flexibility index (Phi) is 9.14. The SMILES string of the molecule is CC1(C)c2ccccc2-c2cccc(-c3cccc(N(c4ccc(-c5ccc(C67CC8CC(CC(C8)C6)C7)cc5)cc4)c4ccc(-c5cccc6cccc(-c7ccccc7)c56)cc4)c3)c21. The third-order valence-corrected chi connectivity index (χ3v) is 16.4. The zero-order chi connectivity index (χ0) is 44.0. The lowest BCUT2D eigenvalue weighted by molar-refractivity contribution is -0.00518. The fraction of sp³-hybridized carbons (Fsp3) is 0.200. The Bertz CT molecular complexity index is 3240. The third kappa shape index (κ3) is 6.42. The first kappa shape index (κ1) is 39.4. The van der Waals surface area contributed by atoms with E-state index in [1.807, 2.05) is 0 Å². The van der Waals surface area contributed by atoms with Gasteiger partial charge in [0.25, 0.3) is 0 Å². The first-order chi connectivity index (χ1) is 32.4. The van der Waals surface area contributed by atoms with Gasteiger partial charge in [-0.3, -0.25) is 0 Å². The zero-order valence-corrected chi connectivity index (χ0v) is 38.1. The van der Waals surface area contributed by atoms with E-state index in [9.17, 15) is 0 Å². The molecule has 0 unspecified atom stereocenters. The van der Waals surface area contributed by atoms with Crippen LogP contribution in [0.1, 0.15) is 69.1 Å². The molecular weight excluding hydrogens is 795 g/mol. The summed E-state index contributed by atoms with van der Waals surface area (Å²) in [7, 11) is 0. The predicted octanol–water partition coefficient (Wildman–Crippen LogP) is 17.8. The van der Waals surface area contributed by atoms with Crippen LogP contribution in [0.5, 0.6) is 0 Å². The average Bonchev–Trinajstić information content (AvgIpc) is 3.60. The first-order valence-corrected chi connectivity index (χ1v) is 24.4. The highest BCUT2D eigenvalue weighted by Gasteiger charge is 2.51. The average molecular weight is 850 g/mol. The maximum Gasteiger partial charge on any atom is 0.0467 e. The van der Waals surface area contributed by atoms with Gasteiger partial charge in [0.05, 0.1) is 0 Å². The molecule has 0 atom stereocenters. The molecule has 1 heteroatoms. The van der Waals surface area contributed by atoms with Crippen molar-refractivity contribution in [3.63, 3.8) is 0 Å². The van der Waals surface area contributed by atoms with Crippen LogP contribution >= 0.6 is 0 Å². The Morgan fingerprint density at radius 2 is 0.864 bits per heavy atom. The van der Waals surface area contributed by atoms with Crippen LogP contribution in [0, 0.1) is 17.8 Å². The van der Waals surface area contributed by atoms with Crippen molar-refractivity contribution in [1.82, 2.24) is 0 Å². The maximum atomic E-state index is 2.48. The van der Waals surface area contributed by atoms with Gasteiger partial charge in [0.2, 0.25) is 0 Å². The Labute approximate surface area is 390 Å². The van der Waals surface area contributed by atoms with Gasteiger partial charge in [-0.15, -0.1) is 0 Å². The van der Waals surface area contributed by atoms with Crippen molar-refractivity contribution < 1.29 is 0 Å². The number of hydrogen-bond acceptors (Lipinski definition) is 1. The number of fused-ring (bicyclic) bond motifs is 4. The van der Waals surface area contributed by atoms with Crippen LogP contribution in [0.2, 0.25) is 0 Å². The summed E-state index contributed by atoms with van der Waals surface area (Å²) in [5.74, 6) is 2.85. The van der Waals surface area contributed by atoms with E-state index in [4.69, 9.17) is 0 Å². The smallest absolute Gasteiger partial charge is 0.0467 e. The molecule has 1 nitrogen and oxygen atoms in total. The minimum Gasteiger partial charge on any atom is -0.310 e. The lowest BCUT2D eigenvalue weighted by Crippen LogP contribution is -2.48. The van der Waals surface area contributed by atoms with Gasteiger partial charge in [-0.25, -0.2) is 0 Å². The van der Waals surface area contributed by atoms with Crippen molar-refractivity contribution in [3.05, 3.63) is 223 Å². The molecule has 4 saturated carbocycles. The molecule has 320 valence electrons. The Morgan fingerprint density at radius 1 is 0.379 bits per heavy atom. The van der Waals surface area contributed by atoms with Crippen LogP contribution in [0.3, 0.4) is 0 Å². The Morgan fingerprint density at radius 3 is 1.52 bits per heavy atom. The van der Waals surface area contributed by atoms with Crippen molar-refractivity contribution in [2.45, 2.75) is 63.2 Å². The van der Waals surface area contributed by atoms with Crippen molar-refractivity contribution in [2.24, 2.45) is 17.8 Å². The van der Waals surface area contributed by atoms with E-state index in [1.54, 1.807) is 5.56 Å². The predicted molar refractivity (Wildman–Crippen MR) is 278 cm³/mol. The largest absolute Gasteiger partial charge is 0.310 e. The molecule has 5 aliphatic rings. The molecule has 0 spiro atoms. The standard InChI is InChI=1S/C65H55N/c1-64(2)61-23-7-6-18-59(61)60-22-11-21-58(63(60)64)51-16-8-17-55(39-51)66(54-34-28-49(29-35-54)57-20-10-15-50-14-9-19-56(62(50)57)48-12-4-3-5-13-48)53-32-26-47(27-33-53)46-24-30-52(31-25-46)65-40-43-36-44(41-65)38-45(37-43)42-65/h3-35,39,43-45H,36-38,40-42H2,1-2H3. The molecule has 0 amide bonds. The second-order valence-corrected chi connectivity index (χ2v) is 20.7. The molecule has 0 aromatic heterocycles. The number of benzene rings is 9. The molecule has 0 radical (unpaired) electrons. The van der Waals surface area contributed by atoms with E-state index in [0.717, 1.165) is 34.8 Å². The minimum atomic E-state index is -0.112. The third-order valence-electron chi connectivity index (χ3n) is 16.4. The van der Waals surface area contributed by atoms with Gasteiger partial charge in [-0.1, -0.05) is 184 Å². The fourth-order valence-corrected chi connectivity index (χ4v) is 13.9. The van der Waals surface area contributed by atoms with Crippen molar-refractivity contribution >= 4 is 27.8 Å². The second kappa shape index (κ2) is 15.3. The van der Waals surface area contributed by atoms with E-state index in [0.29, 0.717) is 5.41 Å². The van der Waals surface area contributed by atoms with Crippen LogP contribution in [-0.2, 0) is 10.8 Å². The molecule has 66 heavy (non-hydrogen) atoms. The van der Waals surface area contributed by atoms with Gasteiger partial charge in [0.15, 0.2) is 0 Å². The Balaban J connectivity index is 0.889. The minimum absolute atomic E-state index is 0.112. The second-order valence-electron chi connectivity index (χ2n) is 20.7. The van der Waals surface area contributed by atoms with Crippen molar-refractivity contribution in [2.75, 3.05) is 4.90 Å². The molecule has 9 aromatic rings. The fourth-order valence-electron chi connectivity index (χ4n) is 13.9. The number of hydrogen-bond donors (Lipinski definition) is 0. The highest BCUT2D eigenvalue weighted by molar-refractivity contribution is 6.06. The summed E-state index contributed by atoms with van der Waals surface area (Å²) in [6.07, 6.45) is 8.65. The molecule has 0 saturated heterocycles. The zero-order valence-electron chi connectivity index (χ0n) is 38.1. The monoisotopic (exact) mass is 849 g/mol. The summed E-state index contributed by atoms with van der Waals surface area (Å²) in [5, 5.41) is 2.53. The molecular formula is C65H55N. The number of rotatable bonds is 8. The summed E-state index contributed by atoms with van der Waals surface area (Å²) >= 11 is 0. The van der Waals surface area contributed by atoms with Crippen LogP contribution in [0.25, 0.3) is 66.4 Å². The molecule has 9 aromatic carbocycles. The molecule has 4 fully saturated rings. The summed E-state index contributed by atoms with van der Waals surface area (Å²) in [6, 6.07) is 77.5. The van der Waals surface area contributed by atoms with Gasteiger partial charge in [-0.2, -0.15) is 0 Å². The highest BCUT2D eigenvalue weighted by Crippen LogP contribution is 2.61. The summed E-state index contributed by atoms with van der Waals surface area (Å²) in [6.45, 7) is 4.77. The maximum absolute atomic E-state index is 2.48. The van der Waals surface area contributed by atoms with Crippen molar-refractivity contribution in [3.8, 4) is 55.6 Å². The molecule has 0 aliphatic heterocycles. The molecule has 5 aliphatic carbocycles. The molecule has 0 heterocycles. The van der Waals surface area contributed by atoms with Gasteiger partial charge in [-0.05, 0) is 181 Å². The van der Waals surface area contributed by atoms with Crippen LogP contribution in [0.15, 0.2) is 206 Å². The normalized spacial score (nSPS) is 20.8. The lowest BCUT2D eigenvalue weighted by Gasteiger charge is -2.57. The van der Waals surface area contributed by atoms with E-state index >= 15 is 0 Å². The van der Waals surface area contributed by atoms with Crippen LogP contribution in [0.4, 0.5) is 17.1 Å². The van der Waals surface area contributed by atoms with Gasteiger partial charge >= 0.3 is 0 Å². The first-order valence-electron chi connectivity index (χ1n) is 24.4. The van der Waals surface area contributed by atoms with Gasteiger partial charge < -0.3 is 4.90 Å². The van der Waals surface area contributed by atoms with E-state index in [2.05, 4.69) is 225 Å². The van der Waals surface area contributed by atoms with Gasteiger partial charge in [0.1, 0.15) is 0 Å². The highest BCUT2D eigenvalue weighted by atomic mass is 15.1. The molecule has 4 bridgehead atoms. The lowest BCUT2D eigenvalue weighted by atomic mass is 9.48.